The lowest BCUT2D eigenvalue weighted by Gasteiger charge is -2.06. The van der Waals surface area contributed by atoms with Gasteiger partial charge in [0.25, 0.3) is 0 Å². The van der Waals surface area contributed by atoms with Gasteiger partial charge in [0.05, 0.1) is 6.61 Å². The van der Waals surface area contributed by atoms with Gasteiger partial charge in [-0.1, -0.05) is 25.6 Å². The first-order valence-electron chi connectivity index (χ1n) is 5.70. The van der Waals surface area contributed by atoms with Crippen LogP contribution in [0.25, 0.3) is 0 Å². The van der Waals surface area contributed by atoms with Gasteiger partial charge in [-0.15, -0.1) is 0 Å². The van der Waals surface area contributed by atoms with Gasteiger partial charge in [0, 0.05) is 24.4 Å². The van der Waals surface area contributed by atoms with Crippen molar-refractivity contribution in [2.75, 3.05) is 19.8 Å². The summed E-state index contributed by atoms with van der Waals surface area (Å²) in [5.41, 5.74) is 6.20. The smallest absolute Gasteiger partial charge is 0.213 e. The monoisotopic (exact) mass is 254 g/mol. The normalized spacial score (nSPS) is 10.2. The second-order valence-corrected chi connectivity index (χ2v) is 4.00. The molecule has 17 heavy (non-hydrogen) atoms. The molecule has 2 N–H and O–H groups in total. The fourth-order valence-electron chi connectivity index (χ4n) is 1.17. The third-order valence-corrected chi connectivity index (χ3v) is 2.38. The lowest BCUT2D eigenvalue weighted by atomic mass is 10.3. The molecule has 0 aromatic carbocycles. The van der Waals surface area contributed by atoms with Crippen LogP contribution in [0.4, 0.5) is 0 Å². The molecule has 0 amide bonds. The van der Waals surface area contributed by atoms with Gasteiger partial charge in [0.15, 0.2) is 0 Å². The Labute approximate surface area is 107 Å². The van der Waals surface area contributed by atoms with E-state index in [1.54, 1.807) is 18.3 Å². The number of aromatic nitrogens is 1. The van der Waals surface area contributed by atoms with Gasteiger partial charge >= 0.3 is 0 Å². The second-order valence-electron chi connectivity index (χ2n) is 3.56. The predicted molar refractivity (Wildman–Crippen MR) is 71.3 cm³/mol. The first-order chi connectivity index (χ1) is 8.24. The Kier molecular flexibility index (Phi) is 6.50. The van der Waals surface area contributed by atoms with E-state index in [1.807, 2.05) is 0 Å². The first-order valence-corrected chi connectivity index (χ1v) is 6.11. The summed E-state index contributed by atoms with van der Waals surface area (Å²) in [6, 6.07) is 3.54. The molecule has 0 spiro atoms. The van der Waals surface area contributed by atoms with Crippen LogP contribution in [0.1, 0.15) is 25.3 Å². The fourth-order valence-corrected chi connectivity index (χ4v) is 1.29. The van der Waals surface area contributed by atoms with E-state index < -0.39 is 0 Å². The van der Waals surface area contributed by atoms with Gasteiger partial charge in [0.2, 0.25) is 5.88 Å². The summed E-state index contributed by atoms with van der Waals surface area (Å²) in [4.78, 5) is 4.43. The van der Waals surface area contributed by atoms with Crippen LogP contribution in [-0.4, -0.2) is 29.8 Å². The Morgan fingerprint density at radius 2 is 2.18 bits per heavy atom. The van der Waals surface area contributed by atoms with Crippen LogP contribution < -0.4 is 10.5 Å². The molecule has 0 aliphatic carbocycles. The van der Waals surface area contributed by atoms with E-state index in [9.17, 15) is 0 Å². The Morgan fingerprint density at radius 1 is 1.35 bits per heavy atom. The molecular formula is C12H18N2O2S. The topological polar surface area (TPSA) is 57.4 Å². The average molecular weight is 254 g/mol. The van der Waals surface area contributed by atoms with E-state index >= 15 is 0 Å². The van der Waals surface area contributed by atoms with E-state index in [4.69, 9.17) is 27.4 Å². The van der Waals surface area contributed by atoms with E-state index in [-0.39, 0.29) is 0 Å². The van der Waals surface area contributed by atoms with Crippen molar-refractivity contribution in [2.45, 2.75) is 19.8 Å². The molecule has 1 heterocycles. The number of hydrogen-bond acceptors (Lipinski definition) is 4. The van der Waals surface area contributed by atoms with Crippen molar-refractivity contribution in [3.05, 3.63) is 23.9 Å². The molecule has 1 rings (SSSR count). The quantitative estimate of drug-likeness (QED) is 0.567. The Balaban J connectivity index is 2.21. The molecule has 94 valence electrons. The number of nitrogens with two attached hydrogens (primary N) is 1. The minimum absolute atomic E-state index is 0.340. The number of hydrogen-bond donors (Lipinski definition) is 1. The van der Waals surface area contributed by atoms with E-state index in [2.05, 4.69) is 11.9 Å². The highest BCUT2D eigenvalue weighted by molar-refractivity contribution is 7.80. The van der Waals surface area contributed by atoms with Gasteiger partial charge in [-0.3, -0.25) is 0 Å². The van der Waals surface area contributed by atoms with Gasteiger partial charge < -0.3 is 15.2 Å². The summed E-state index contributed by atoms with van der Waals surface area (Å²) >= 11 is 4.83. The Hall–Kier alpha value is -1.20. The molecule has 0 atom stereocenters. The van der Waals surface area contributed by atoms with Crippen LogP contribution in [0.5, 0.6) is 5.88 Å². The highest BCUT2D eigenvalue weighted by Gasteiger charge is 1.98. The van der Waals surface area contributed by atoms with Crippen LogP contribution >= 0.6 is 12.2 Å². The molecule has 1 aromatic rings. The Morgan fingerprint density at radius 3 is 2.76 bits per heavy atom. The third kappa shape index (κ3) is 5.60. The van der Waals surface area contributed by atoms with Crippen LogP contribution in [0.15, 0.2) is 18.3 Å². The molecule has 4 nitrogen and oxygen atoms in total. The first kappa shape index (κ1) is 13.9. The SMILES string of the molecule is CCCCOCCOc1ccc(C(N)=S)cn1. The van der Waals surface area contributed by atoms with Crippen molar-refractivity contribution < 1.29 is 9.47 Å². The standard InChI is InChI=1S/C12H18N2O2S/c1-2-3-6-15-7-8-16-11-5-4-10(9-14-11)12(13)17/h4-5,9H,2-3,6-8H2,1H3,(H2,13,17). The van der Waals surface area contributed by atoms with Crippen molar-refractivity contribution in [2.24, 2.45) is 5.73 Å². The maximum Gasteiger partial charge on any atom is 0.213 e. The van der Waals surface area contributed by atoms with Gasteiger partial charge in [-0.2, -0.15) is 0 Å². The molecule has 0 saturated heterocycles. The van der Waals surface area contributed by atoms with Gasteiger partial charge in [0.1, 0.15) is 11.6 Å². The minimum atomic E-state index is 0.340. The number of ether oxygens (including phenoxy) is 2. The zero-order chi connectivity index (χ0) is 12.5. The predicted octanol–water partition coefficient (Wildman–Crippen LogP) is 1.91. The van der Waals surface area contributed by atoms with Crippen molar-refractivity contribution >= 4 is 17.2 Å². The van der Waals surface area contributed by atoms with Crippen LogP contribution in [-0.2, 0) is 4.74 Å². The van der Waals surface area contributed by atoms with Crippen molar-refractivity contribution in [3.8, 4) is 5.88 Å². The molecule has 0 saturated carbocycles. The third-order valence-electron chi connectivity index (χ3n) is 2.14. The van der Waals surface area contributed by atoms with E-state index in [1.165, 1.54) is 0 Å². The minimum Gasteiger partial charge on any atom is -0.475 e. The number of nitrogens with zero attached hydrogens (tertiary/aromatic N) is 1. The molecular weight excluding hydrogens is 236 g/mol. The summed E-state index contributed by atoms with van der Waals surface area (Å²) in [6.45, 7) is 4.00. The van der Waals surface area contributed by atoms with Gasteiger partial charge in [-0.05, 0) is 12.5 Å². The number of rotatable bonds is 8. The van der Waals surface area contributed by atoms with Crippen LogP contribution in [0, 0.1) is 0 Å². The van der Waals surface area contributed by atoms with Crippen molar-refractivity contribution in [3.63, 3.8) is 0 Å². The van der Waals surface area contributed by atoms with E-state index in [0.29, 0.717) is 24.1 Å². The maximum absolute atomic E-state index is 5.46. The van der Waals surface area contributed by atoms with Gasteiger partial charge in [-0.25, -0.2) is 4.98 Å². The summed E-state index contributed by atoms with van der Waals surface area (Å²) in [7, 11) is 0. The van der Waals surface area contributed by atoms with Crippen LogP contribution in [0.2, 0.25) is 0 Å². The lowest BCUT2D eigenvalue weighted by molar-refractivity contribution is 0.0965. The summed E-state index contributed by atoms with van der Waals surface area (Å²) in [5.74, 6) is 0.559. The lowest BCUT2D eigenvalue weighted by Crippen LogP contribution is -2.11. The largest absolute Gasteiger partial charge is 0.475 e. The van der Waals surface area contributed by atoms with Crippen molar-refractivity contribution in [1.29, 1.82) is 0 Å². The second kappa shape index (κ2) is 7.97. The molecule has 0 aliphatic heterocycles. The fraction of sp³-hybridized carbons (Fsp3) is 0.500. The molecule has 0 fully saturated rings. The molecule has 0 radical (unpaired) electrons. The number of thiocarbonyl (C=S) groups is 1. The summed E-state index contributed by atoms with van der Waals surface area (Å²) < 4.78 is 10.8. The van der Waals surface area contributed by atoms with E-state index in [0.717, 1.165) is 25.0 Å². The molecule has 0 aliphatic rings. The number of pyridine rings is 1. The Bertz CT molecular complexity index is 341. The van der Waals surface area contributed by atoms with Crippen LogP contribution in [0.3, 0.4) is 0 Å². The summed E-state index contributed by atoms with van der Waals surface area (Å²) in [5, 5.41) is 0. The highest BCUT2D eigenvalue weighted by atomic mass is 32.1. The number of unbranched alkanes of at least 4 members (excludes halogenated alkanes) is 1. The zero-order valence-corrected chi connectivity index (χ0v) is 10.8. The maximum atomic E-state index is 5.46. The summed E-state index contributed by atoms with van der Waals surface area (Å²) in [6.07, 6.45) is 3.83. The average Bonchev–Trinajstić information content (AvgIpc) is 2.34. The highest BCUT2D eigenvalue weighted by Crippen LogP contribution is 2.07. The zero-order valence-electron chi connectivity index (χ0n) is 10.0. The molecule has 0 unspecified atom stereocenters. The molecule has 0 bridgehead atoms. The van der Waals surface area contributed by atoms with Crippen molar-refractivity contribution in [1.82, 2.24) is 4.98 Å². The molecule has 1 aromatic heterocycles. The molecule has 5 heteroatoms.